The maximum atomic E-state index is 12.3. The average Bonchev–Trinajstić information content (AvgIpc) is 2.63. The third-order valence-electron chi connectivity index (χ3n) is 3.36. The highest BCUT2D eigenvalue weighted by atomic mass is 35.5. The Morgan fingerprint density at radius 3 is 2.25 bits per heavy atom. The zero-order valence-electron chi connectivity index (χ0n) is 12.7. The number of nitrogens with zero attached hydrogens (tertiary/aromatic N) is 2. The molecule has 0 spiro atoms. The molecule has 0 aliphatic carbocycles. The molecule has 0 unspecified atom stereocenters. The van der Waals surface area contributed by atoms with Gasteiger partial charge in [0.25, 0.3) is 5.91 Å². The maximum Gasteiger partial charge on any atom is 0.271 e. The Kier molecular flexibility index (Phi) is 4.99. The predicted molar refractivity (Wildman–Crippen MR) is 95.2 cm³/mol. The molecule has 1 heterocycles. The van der Waals surface area contributed by atoms with Crippen molar-refractivity contribution in [3.63, 3.8) is 0 Å². The number of pyridine rings is 1. The monoisotopic (exact) mass is 335 g/mol. The molecule has 1 aromatic heterocycles. The van der Waals surface area contributed by atoms with Gasteiger partial charge in [-0.25, -0.2) is 5.43 Å². The first kappa shape index (κ1) is 15.9. The first-order chi connectivity index (χ1) is 11.7. The van der Waals surface area contributed by atoms with Crippen molar-refractivity contribution in [2.75, 3.05) is 0 Å². The minimum atomic E-state index is -0.319. The van der Waals surface area contributed by atoms with E-state index in [9.17, 15) is 4.79 Å². The van der Waals surface area contributed by atoms with Gasteiger partial charge in [0.05, 0.1) is 5.71 Å². The van der Waals surface area contributed by atoms with Gasteiger partial charge in [0, 0.05) is 34.1 Å². The van der Waals surface area contributed by atoms with Gasteiger partial charge >= 0.3 is 0 Å². The van der Waals surface area contributed by atoms with Gasteiger partial charge in [-0.15, -0.1) is 0 Å². The molecule has 0 saturated carbocycles. The largest absolute Gasteiger partial charge is 0.271 e. The van der Waals surface area contributed by atoms with Crippen molar-refractivity contribution in [3.05, 3.63) is 101 Å². The van der Waals surface area contributed by atoms with Gasteiger partial charge in [0.1, 0.15) is 0 Å². The molecule has 0 bridgehead atoms. The number of nitrogens with one attached hydrogen (secondary N) is 1. The number of halogens is 1. The van der Waals surface area contributed by atoms with Crippen LogP contribution in [0.4, 0.5) is 0 Å². The molecule has 1 N–H and O–H groups in total. The fraction of sp³-hybridized carbons (Fsp3) is 0. The van der Waals surface area contributed by atoms with Gasteiger partial charge in [0.2, 0.25) is 0 Å². The van der Waals surface area contributed by atoms with Gasteiger partial charge in [-0.2, -0.15) is 5.10 Å². The van der Waals surface area contributed by atoms with Crippen molar-refractivity contribution in [2.24, 2.45) is 5.10 Å². The van der Waals surface area contributed by atoms with Crippen LogP contribution in [-0.4, -0.2) is 16.6 Å². The summed E-state index contributed by atoms with van der Waals surface area (Å²) in [7, 11) is 0. The third kappa shape index (κ3) is 3.86. The van der Waals surface area contributed by atoms with Crippen LogP contribution in [0.1, 0.15) is 21.5 Å². The molecule has 0 atom stereocenters. The number of hydrazone groups is 1. The molecule has 0 aliphatic rings. The number of carbonyl (C=O) groups excluding carboxylic acids is 1. The van der Waals surface area contributed by atoms with E-state index < -0.39 is 0 Å². The Hall–Kier alpha value is -2.98. The Bertz CT molecular complexity index is 823. The number of aromatic nitrogens is 1. The van der Waals surface area contributed by atoms with Gasteiger partial charge in [-0.05, 0) is 30.3 Å². The number of hydrogen-bond acceptors (Lipinski definition) is 3. The summed E-state index contributed by atoms with van der Waals surface area (Å²) in [5, 5.41) is 4.82. The van der Waals surface area contributed by atoms with E-state index in [4.69, 9.17) is 11.6 Å². The van der Waals surface area contributed by atoms with Crippen molar-refractivity contribution in [1.29, 1.82) is 0 Å². The summed E-state index contributed by atoms with van der Waals surface area (Å²) in [6, 6.07) is 20.1. The van der Waals surface area contributed by atoms with Crippen LogP contribution in [0, 0.1) is 0 Å². The molecule has 1 amide bonds. The van der Waals surface area contributed by atoms with E-state index in [-0.39, 0.29) is 5.91 Å². The van der Waals surface area contributed by atoms with Crippen LogP contribution < -0.4 is 5.43 Å². The fourth-order valence-corrected chi connectivity index (χ4v) is 2.39. The summed E-state index contributed by atoms with van der Waals surface area (Å²) in [6.45, 7) is 0. The first-order valence-electron chi connectivity index (χ1n) is 7.33. The van der Waals surface area contributed by atoms with Crippen LogP contribution in [-0.2, 0) is 0 Å². The molecule has 0 fully saturated rings. The van der Waals surface area contributed by atoms with Gasteiger partial charge < -0.3 is 0 Å². The van der Waals surface area contributed by atoms with E-state index in [1.54, 1.807) is 36.7 Å². The molecule has 3 rings (SSSR count). The predicted octanol–water partition coefficient (Wildman–Crippen LogP) is 3.92. The number of rotatable bonds is 4. The highest BCUT2D eigenvalue weighted by molar-refractivity contribution is 6.31. The lowest BCUT2D eigenvalue weighted by Crippen LogP contribution is -2.20. The second-order valence-corrected chi connectivity index (χ2v) is 5.45. The zero-order chi connectivity index (χ0) is 16.8. The Labute approximate surface area is 144 Å². The first-order valence-corrected chi connectivity index (χ1v) is 7.71. The smallest absolute Gasteiger partial charge is 0.267 e. The number of benzene rings is 2. The normalized spacial score (nSPS) is 11.1. The Morgan fingerprint density at radius 2 is 1.54 bits per heavy atom. The minimum absolute atomic E-state index is 0.319. The molecule has 0 radical (unpaired) electrons. The number of carbonyl (C=O) groups is 1. The quantitative estimate of drug-likeness (QED) is 0.580. The van der Waals surface area contributed by atoms with Crippen molar-refractivity contribution >= 4 is 23.2 Å². The van der Waals surface area contributed by atoms with Crippen LogP contribution in [0.3, 0.4) is 0 Å². The van der Waals surface area contributed by atoms with Crippen molar-refractivity contribution < 1.29 is 4.79 Å². The molecule has 5 heteroatoms. The molecule has 118 valence electrons. The molecule has 0 aliphatic heterocycles. The van der Waals surface area contributed by atoms with Crippen LogP contribution in [0.15, 0.2) is 84.2 Å². The van der Waals surface area contributed by atoms with Gasteiger partial charge in [0.15, 0.2) is 0 Å². The minimum Gasteiger partial charge on any atom is -0.267 e. The lowest BCUT2D eigenvalue weighted by Gasteiger charge is -2.08. The van der Waals surface area contributed by atoms with Crippen LogP contribution in [0.5, 0.6) is 0 Å². The summed E-state index contributed by atoms with van der Waals surface area (Å²) < 4.78 is 0. The summed E-state index contributed by atoms with van der Waals surface area (Å²) in [5.74, 6) is -0.319. The molecule has 0 saturated heterocycles. The lowest BCUT2D eigenvalue weighted by atomic mass is 10.0. The summed E-state index contributed by atoms with van der Waals surface area (Å²) in [6.07, 6.45) is 3.37. The van der Waals surface area contributed by atoms with Gasteiger partial charge in [-0.1, -0.05) is 48.0 Å². The highest BCUT2D eigenvalue weighted by Crippen LogP contribution is 2.12. The molecule has 4 nitrogen and oxygen atoms in total. The Morgan fingerprint density at radius 1 is 0.875 bits per heavy atom. The average molecular weight is 336 g/mol. The van der Waals surface area contributed by atoms with E-state index in [1.807, 2.05) is 42.5 Å². The summed E-state index contributed by atoms with van der Waals surface area (Å²) >= 11 is 5.92. The SMILES string of the molecule is O=C(N/N=C(/c1ccccc1)c1ccncc1)c1cccc(Cl)c1. The van der Waals surface area contributed by atoms with Crippen LogP contribution in [0.25, 0.3) is 0 Å². The molecule has 3 aromatic rings. The fourth-order valence-electron chi connectivity index (χ4n) is 2.20. The lowest BCUT2D eigenvalue weighted by molar-refractivity contribution is 0.0955. The molecule has 24 heavy (non-hydrogen) atoms. The van der Waals surface area contributed by atoms with Crippen molar-refractivity contribution in [3.8, 4) is 0 Å². The number of amides is 1. The van der Waals surface area contributed by atoms with E-state index in [1.165, 1.54) is 0 Å². The van der Waals surface area contributed by atoms with Crippen molar-refractivity contribution in [2.45, 2.75) is 0 Å². The third-order valence-corrected chi connectivity index (χ3v) is 3.59. The topological polar surface area (TPSA) is 54.4 Å². The van der Waals surface area contributed by atoms with Crippen molar-refractivity contribution in [1.82, 2.24) is 10.4 Å². The number of hydrogen-bond donors (Lipinski definition) is 1. The Balaban J connectivity index is 1.91. The second-order valence-electron chi connectivity index (χ2n) is 5.01. The van der Waals surface area contributed by atoms with E-state index >= 15 is 0 Å². The summed E-state index contributed by atoms with van der Waals surface area (Å²) in [4.78, 5) is 16.3. The standard InChI is InChI=1S/C19H14ClN3O/c20-17-8-4-7-16(13-17)19(24)23-22-18(14-5-2-1-3-6-14)15-9-11-21-12-10-15/h1-13H,(H,23,24)/b22-18-. The molecular formula is C19H14ClN3O. The van der Waals surface area contributed by atoms with E-state index in [2.05, 4.69) is 15.5 Å². The maximum absolute atomic E-state index is 12.3. The second kappa shape index (κ2) is 7.53. The van der Waals surface area contributed by atoms with E-state index in [0.29, 0.717) is 16.3 Å². The van der Waals surface area contributed by atoms with Gasteiger partial charge in [-0.3, -0.25) is 9.78 Å². The highest BCUT2D eigenvalue weighted by Gasteiger charge is 2.09. The van der Waals surface area contributed by atoms with Crippen LogP contribution >= 0.6 is 11.6 Å². The van der Waals surface area contributed by atoms with Crippen LogP contribution in [0.2, 0.25) is 5.02 Å². The molecule has 2 aromatic carbocycles. The van der Waals surface area contributed by atoms with E-state index in [0.717, 1.165) is 11.1 Å². The summed E-state index contributed by atoms with van der Waals surface area (Å²) in [5.41, 5.74) is 5.47. The molecular weight excluding hydrogens is 322 g/mol. The zero-order valence-corrected chi connectivity index (χ0v) is 13.4.